The van der Waals surface area contributed by atoms with Crippen LogP contribution in [0.3, 0.4) is 0 Å². The van der Waals surface area contributed by atoms with Gasteiger partial charge in [0.25, 0.3) is 5.91 Å². The highest BCUT2D eigenvalue weighted by atomic mass is 35.5. The summed E-state index contributed by atoms with van der Waals surface area (Å²) in [5.41, 5.74) is 1.79. The maximum Gasteiger partial charge on any atom is 0.266 e. The van der Waals surface area contributed by atoms with Crippen LogP contribution < -0.4 is 19.5 Å². The molecule has 6 nitrogen and oxygen atoms in total. The molecule has 1 amide bonds. The molecule has 3 aromatic rings. The van der Waals surface area contributed by atoms with E-state index in [1.54, 1.807) is 48.5 Å². The molecule has 0 saturated heterocycles. The van der Waals surface area contributed by atoms with Crippen LogP contribution in [0.4, 0.5) is 5.69 Å². The average molecular weight is 523 g/mol. The molecule has 0 fully saturated rings. The molecule has 0 aliphatic rings. The Morgan fingerprint density at radius 3 is 2.47 bits per heavy atom. The first-order valence-corrected chi connectivity index (χ1v) is 11.8. The third kappa shape index (κ3) is 7.29. The van der Waals surface area contributed by atoms with E-state index in [0.29, 0.717) is 51.8 Å². The number of carbonyl (C=O) groups is 1. The summed E-state index contributed by atoms with van der Waals surface area (Å²) in [6, 6.07) is 19.4. The summed E-state index contributed by atoms with van der Waals surface area (Å²) in [5.74, 6) is 0.822. The fraction of sp³-hybridized carbons (Fsp3) is 0.143. The Morgan fingerprint density at radius 2 is 1.81 bits per heavy atom. The fourth-order valence-corrected chi connectivity index (χ4v) is 3.61. The second kappa shape index (κ2) is 13.2. The smallest absolute Gasteiger partial charge is 0.266 e. The fourth-order valence-electron chi connectivity index (χ4n) is 3.14. The van der Waals surface area contributed by atoms with Crippen molar-refractivity contribution in [3.05, 3.63) is 100 Å². The van der Waals surface area contributed by atoms with Crippen molar-refractivity contribution in [1.82, 2.24) is 0 Å². The molecule has 0 bridgehead atoms. The number of nitrogens with zero attached hydrogens (tertiary/aromatic N) is 1. The zero-order chi connectivity index (χ0) is 25.9. The van der Waals surface area contributed by atoms with Gasteiger partial charge in [-0.3, -0.25) is 4.79 Å². The van der Waals surface area contributed by atoms with Crippen LogP contribution in [0.25, 0.3) is 6.08 Å². The van der Waals surface area contributed by atoms with Gasteiger partial charge in [-0.25, -0.2) is 0 Å². The number of hydrogen-bond donors (Lipinski definition) is 1. The quantitative estimate of drug-likeness (QED) is 0.165. The van der Waals surface area contributed by atoms with Gasteiger partial charge in [0.2, 0.25) is 0 Å². The SMILES string of the molecule is C=CCOc1c(Cl)cc(/C=C(\C#N)C(=O)Nc2ccc(OCc3ccccc3Cl)cc2)cc1OCC. The van der Waals surface area contributed by atoms with E-state index >= 15 is 0 Å². The molecule has 0 atom stereocenters. The van der Waals surface area contributed by atoms with Gasteiger partial charge in [-0.15, -0.1) is 0 Å². The summed E-state index contributed by atoms with van der Waals surface area (Å²) in [6.45, 7) is 6.41. The lowest BCUT2D eigenvalue weighted by Gasteiger charge is -2.13. The molecule has 1 N–H and O–H groups in total. The van der Waals surface area contributed by atoms with E-state index in [2.05, 4.69) is 11.9 Å². The average Bonchev–Trinajstić information content (AvgIpc) is 2.87. The monoisotopic (exact) mass is 522 g/mol. The second-order valence-corrected chi connectivity index (χ2v) is 8.21. The maximum absolute atomic E-state index is 12.7. The highest BCUT2D eigenvalue weighted by Gasteiger charge is 2.15. The van der Waals surface area contributed by atoms with E-state index in [9.17, 15) is 10.1 Å². The third-order valence-corrected chi connectivity index (χ3v) is 5.47. The van der Waals surface area contributed by atoms with Crippen molar-refractivity contribution >= 4 is 40.9 Å². The van der Waals surface area contributed by atoms with Crippen molar-refractivity contribution in [1.29, 1.82) is 5.26 Å². The Bertz CT molecular complexity index is 1300. The number of benzene rings is 3. The minimum Gasteiger partial charge on any atom is -0.490 e. The number of anilines is 1. The summed E-state index contributed by atoms with van der Waals surface area (Å²) in [4.78, 5) is 12.7. The molecule has 0 spiro atoms. The minimum atomic E-state index is -0.566. The Balaban J connectivity index is 1.70. The first-order chi connectivity index (χ1) is 17.4. The number of amides is 1. The van der Waals surface area contributed by atoms with Gasteiger partial charge in [-0.1, -0.05) is 54.1 Å². The lowest BCUT2D eigenvalue weighted by atomic mass is 10.1. The molecule has 0 saturated carbocycles. The van der Waals surface area contributed by atoms with Crippen molar-refractivity contribution in [2.45, 2.75) is 13.5 Å². The van der Waals surface area contributed by atoms with Gasteiger partial charge in [0, 0.05) is 16.3 Å². The standard InChI is InChI=1S/C28H24Cl2N2O4/c1-3-13-35-27-25(30)15-19(16-26(27)34-4-2)14-21(17-31)28(33)32-22-9-11-23(12-10-22)36-18-20-7-5-6-8-24(20)29/h3,5-12,14-16H,1,4,13,18H2,2H3,(H,32,33)/b21-14+. The summed E-state index contributed by atoms with van der Waals surface area (Å²) >= 11 is 12.5. The van der Waals surface area contributed by atoms with Gasteiger partial charge in [0.1, 0.15) is 30.6 Å². The van der Waals surface area contributed by atoms with Gasteiger partial charge >= 0.3 is 0 Å². The van der Waals surface area contributed by atoms with Gasteiger partial charge in [-0.2, -0.15) is 5.26 Å². The molecule has 36 heavy (non-hydrogen) atoms. The zero-order valence-electron chi connectivity index (χ0n) is 19.6. The van der Waals surface area contributed by atoms with E-state index in [1.165, 1.54) is 6.08 Å². The van der Waals surface area contributed by atoms with Gasteiger partial charge in [0.05, 0.1) is 11.6 Å². The van der Waals surface area contributed by atoms with Crippen molar-refractivity contribution in [3.8, 4) is 23.3 Å². The molecule has 0 radical (unpaired) electrons. The number of nitriles is 1. The summed E-state index contributed by atoms with van der Waals surface area (Å²) in [7, 11) is 0. The first-order valence-electron chi connectivity index (χ1n) is 11.0. The van der Waals surface area contributed by atoms with Crippen LogP contribution in [0.15, 0.2) is 78.9 Å². The lowest BCUT2D eigenvalue weighted by molar-refractivity contribution is -0.112. The highest BCUT2D eigenvalue weighted by molar-refractivity contribution is 6.32. The van der Waals surface area contributed by atoms with Crippen LogP contribution in [0.2, 0.25) is 10.0 Å². The molecular formula is C28H24Cl2N2O4. The largest absolute Gasteiger partial charge is 0.490 e. The maximum atomic E-state index is 12.7. The van der Waals surface area contributed by atoms with Crippen LogP contribution in [-0.2, 0) is 11.4 Å². The Labute approximate surface area is 220 Å². The Hall–Kier alpha value is -3.92. The molecular weight excluding hydrogens is 499 g/mol. The Morgan fingerprint density at radius 1 is 1.06 bits per heavy atom. The summed E-state index contributed by atoms with van der Waals surface area (Å²) in [5, 5.41) is 13.2. The number of carbonyl (C=O) groups excluding carboxylic acids is 1. The number of halogens is 2. The van der Waals surface area contributed by atoms with Crippen LogP contribution >= 0.6 is 23.2 Å². The predicted molar refractivity (Wildman–Crippen MR) is 143 cm³/mol. The third-order valence-electron chi connectivity index (χ3n) is 4.82. The van der Waals surface area contributed by atoms with Crippen LogP contribution in [-0.4, -0.2) is 19.1 Å². The second-order valence-electron chi connectivity index (χ2n) is 7.39. The molecule has 0 aliphatic carbocycles. The molecule has 0 unspecified atom stereocenters. The van der Waals surface area contributed by atoms with Gasteiger partial charge < -0.3 is 19.5 Å². The summed E-state index contributed by atoms with van der Waals surface area (Å²) in [6.07, 6.45) is 3.03. The van der Waals surface area contributed by atoms with Crippen molar-refractivity contribution in [2.75, 3.05) is 18.5 Å². The Kier molecular flexibility index (Phi) is 9.82. The normalized spacial score (nSPS) is 10.8. The number of ether oxygens (including phenoxy) is 3. The first kappa shape index (κ1) is 26.7. The van der Waals surface area contributed by atoms with Gasteiger partial charge in [-0.05, 0) is 61.0 Å². The molecule has 3 aromatic carbocycles. The molecule has 8 heteroatoms. The zero-order valence-corrected chi connectivity index (χ0v) is 21.1. The van der Waals surface area contributed by atoms with E-state index in [1.807, 2.05) is 31.2 Å². The molecule has 3 rings (SSSR count). The molecule has 0 heterocycles. The molecule has 0 aromatic heterocycles. The number of nitrogens with one attached hydrogen (secondary N) is 1. The number of hydrogen-bond acceptors (Lipinski definition) is 5. The lowest BCUT2D eigenvalue weighted by Crippen LogP contribution is -2.13. The van der Waals surface area contributed by atoms with Crippen LogP contribution in [0.5, 0.6) is 17.2 Å². The van der Waals surface area contributed by atoms with Crippen LogP contribution in [0, 0.1) is 11.3 Å². The van der Waals surface area contributed by atoms with E-state index in [0.717, 1.165) is 5.56 Å². The molecule has 0 aliphatic heterocycles. The van der Waals surface area contributed by atoms with Crippen molar-refractivity contribution < 1.29 is 19.0 Å². The van der Waals surface area contributed by atoms with Gasteiger partial charge in [0.15, 0.2) is 11.5 Å². The minimum absolute atomic E-state index is 0.104. The predicted octanol–water partition coefficient (Wildman–Crippen LogP) is 7.08. The van der Waals surface area contributed by atoms with E-state index in [-0.39, 0.29) is 12.2 Å². The molecule has 184 valence electrons. The topological polar surface area (TPSA) is 80.6 Å². The van der Waals surface area contributed by atoms with E-state index < -0.39 is 5.91 Å². The van der Waals surface area contributed by atoms with Crippen LogP contribution in [0.1, 0.15) is 18.1 Å². The van der Waals surface area contributed by atoms with Crippen molar-refractivity contribution in [2.24, 2.45) is 0 Å². The number of rotatable bonds is 11. The van der Waals surface area contributed by atoms with Crippen molar-refractivity contribution in [3.63, 3.8) is 0 Å². The summed E-state index contributed by atoms with van der Waals surface area (Å²) < 4.78 is 17.0. The van der Waals surface area contributed by atoms with E-state index in [4.69, 9.17) is 37.4 Å². The highest BCUT2D eigenvalue weighted by Crippen LogP contribution is 2.37.